The lowest BCUT2D eigenvalue weighted by molar-refractivity contribution is 1.13. The fraction of sp³-hybridized carbons (Fsp3) is 0.0741. The highest BCUT2D eigenvalue weighted by molar-refractivity contribution is 6.14. The van der Waals surface area contributed by atoms with Crippen molar-refractivity contribution in [2.24, 2.45) is 0 Å². The van der Waals surface area contributed by atoms with Gasteiger partial charge in [-0.3, -0.25) is 0 Å². The molecule has 0 saturated heterocycles. The van der Waals surface area contributed by atoms with E-state index in [2.05, 4.69) is 181 Å². The summed E-state index contributed by atoms with van der Waals surface area (Å²) in [6, 6.07) is 58.4. The van der Waals surface area contributed by atoms with Crippen LogP contribution in [0, 0.1) is 45.6 Å². The van der Waals surface area contributed by atoms with Crippen LogP contribution in [-0.4, -0.2) is 9.13 Å². The fourth-order valence-electron chi connectivity index (χ4n) is 8.76. The summed E-state index contributed by atoms with van der Waals surface area (Å²) in [5.74, 6) is 0. The Morgan fingerprint density at radius 2 is 0.845 bits per heavy atom. The minimum atomic E-state index is 0.416. The van der Waals surface area contributed by atoms with Gasteiger partial charge in [0.05, 0.1) is 45.6 Å². The number of rotatable bonds is 5. The number of aromatic nitrogens is 2. The van der Waals surface area contributed by atoms with E-state index in [1.807, 2.05) is 18.2 Å². The molecule has 4 nitrogen and oxygen atoms in total. The molecule has 274 valence electrons. The van der Waals surface area contributed by atoms with Crippen molar-refractivity contribution in [3.05, 3.63) is 197 Å². The summed E-state index contributed by atoms with van der Waals surface area (Å²) < 4.78 is 4.52. The summed E-state index contributed by atoms with van der Waals surface area (Å²) in [4.78, 5) is 4.20. The molecule has 0 aliphatic heterocycles. The Bertz CT molecular complexity index is 3160. The topological polar surface area (TPSA) is 38.0 Å². The van der Waals surface area contributed by atoms with Crippen LogP contribution in [0.2, 0.25) is 0 Å². The van der Waals surface area contributed by atoms with E-state index in [4.69, 9.17) is 6.57 Å². The molecule has 10 aromatic rings. The summed E-state index contributed by atoms with van der Waals surface area (Å²) in [7, 11) is 0. The predicted molar refractivity (Wildman–Crippen MR) is 241 cm³/mol. The van der Waals surface area contributed by atoms with E-state index in [0.717, 1.165) is 99.5 Å². The zero-order valence-electron chi connectivity index (χ0n) is 32.8. The quantitative estimate of drug-likeness (QED) is 0.162. The van der Waals surface area contributed by atoms with E-state index in [1.54, 1.807) is 6.07 Å². The number of aryl methyl sites for hydroxylation is 4. The highest BCUT2D eigenvalue weighted by Gasteiger charge is 2.27. The smallest absolute Gasteiger partial charge is 0.212 e. The number of hydrogen-bond acceptors (Lipinski definition) is 1. The average Bonchev–Trinajstić information content (AvgIpc) is 3.74. The van der Waals surface area contributed by atoms with E-state index in [0.29, 0.717) is 11.3 Å². The molecule has 0 saturated carbocycles. The van der Waals surface area contributed by atoms with E-state index in [-0.39, 0.29) is 0 Å². The minimum Gasteiger partial charge on any atom is -0.318 e. The molecule has 0 fully saturated rings. The van der Waals surface area contributed by atoms with Crippen molar-refractivity contribution in [2.75, 3.05) is 0 Å². The van der Waals surface area contributed by atoms with Gasteiger partial charge in [0.2, 0.25) is 5.69 Å². The molecule has 58 heavy (non-hydrogen) atoms. The molecule has 0 atom stereocenters. The number of benzene rings is 8. The zero-order chi connectivity index (χ0) is 39.7. The molecule has 2 aromatic heterocycles. The van der Waals surface area contributed by atoms with Gasteiger partial charge < -0.3 is 9.13 Å². The summed E-state index contributed by atoms with van der Waals surface area (Å²) in [5, 5.41) is 15.5. The van der Waals surface area contributed by atoms with Gasteiger partial charge in [0, 0.05) is 27.1 Å². The third-order valence-corrected chi connectivity index (χ3v) is 11.6. The Morgan fingerprint density at radius 3 is 1.31 bits per heavy atom. The Hall–Kier alpha value is -7.66. The molecule has 8 aromatic carbocycles. The number of hydrogen-bond donors (Lipinski definition) is 0. The molecule has 10 rings (SSSR count). The largest absolute Gasteiger partial charge is 0.318 e. The van der Waals surface area contributed by atoms with E-state index in [1.165, 1.54) is 11.1 Å². The first kappa shape index (κ1) is 34.8. The van der Waals surface area contributed by atoms with E-state index >= 15 is 0 Å². The number of nitriles is 1. The normalized spacial score (nSPS) is 11.4. The molecular formula is C54H38N4. The molecular weight excluding hydrogens is 705 g/mol. The van der Waals surface area contributed by atoms with Crippen molar-refractivity contribution in [2.45, 2.75) is 27.7 Å². The van der Waals surface area contributed by atoms with Gasteiger partial charge in [-0.2, -0.15) is 5.26 Å². The van der Waals surface area contributed by atoms with Gasteiger partial charge in [-0.15, -0.1) is 0 Å². The van der Waals surface area contributed by atoms with Crippen LogP contribution in [0.4, 0.5) is 5.69 Å². The van der Waals surface area contributed by atoms with E-state index < -0.39 is 0 Å². The second-order valence-electron chi connectivity index (χ2n) is 15.5. The minimum absolute atomic E-state index is 0.416. The lowest BCUT2D eigenvalue weighted by Crippen LogP contribution is -2.06. The second-order valence-corrected chi connectivity index (χ2v) is 15.5. The first-order chi connectivity index (χ1) is 28.3. The van der Waals surface area contributed by atoms with Crippen molar-refractivity contribution in [3.8, 4) is 50.8 Å². The van der Waals surface area contributed by atoms with Gasteiger partial charge >= 0.3 is 0 Å². The Kier molecular flexibility index (Phi) is 8.11. The van der Waals surface area contributed by atoms with Crippen LogP contribution in [0.3, 0.4) is 0 Å². The molecule has 0 radical (unpaired) electrons. The maximum absolute atomic E-state index is 11.1. The van der Waals surface area contributed by atoms with Gasteiger partial charge in [0.15, 0.2) is 0 Å². The number of fused-ring (bicyclic) bond motifs is 6. The van der Waals surface area contributed by atoms with Crippen molar-refractivity contribution in [1.82, 2.24) is 9.13 Å². The van der Waals surface area contributed by atoms with Crippen LogP contribution in [0.15, 0.2) is 158 Å². The van der Waals surface area contributed by atoms with Crippen LogP contribution < -0.4 is 0 Å². The van der Waals surface area contributed by atoms with Gasteiger partial charge in [-0.05, 0) is 110 Å². The Labute approximate surface area is 337 Å². The maximum Gasteiger partial charge on any atom is 0.212 e. The number of nitrogens with zero attached hydrogens (tertiary/aromatic N) is 4. The molecule has 0 N–H and O–H groups in total. The van der Waals surface area contributed by atoms with Gasteiger partial charge in [-0.1, -0.05) is 125 Å². The summed E-state index contributed by atoms with van der Waals surface area (Å²) in [6.07, 6.45) is 0. The summed E-state index contributed by atoms with van der Waals surface area (Å²) >= 11 is 0. The third-order valence-electron chi connectivity index (χ3n) is 11.6. The highest BCUT2D eigenvalue weighted by Crippen LogP contribution is 2.48. The van der Waals surface area contributed by atoms with Crippen LogP contribution in [0.25, 0.3) is 93.2 Å². The monoisotopic (exact) mass is 742 g/mol. The van der Waals surface area contributed by atoms with Crippen molar-refractivity contribution < 1.29 is 0 Å². The highest BCUT2D eigenvalue weighted by atomic mass is 15.0. The first-order valence-electron chi connectivity index (χ1n) is 19.6. The lowest BCUT2D eigenvalue weighted by atomic mass is 9.95. The van der Waals surface area contributed by atoms with Gasteiger partial charge in [0.25, 0.3) is 0 Å². The second kappa shape index (κ2) is 13.5. The SMILES string of the molecule is [C-]#[N+]c1cc(C#N)c(-n2c3ccc(C)cc3c3cc(-c4ccc(C)cc4)ccc32)c(-c2ccccc2)c1-n1c2ccc(C)cc2c2cc(-c3ccc(C)cc3)ccc21. The fourth-order valence-corrected chi connectivity index (χ4v) is 8.76. The molecule has 0 amide bonds. The van der Waals surface area contributed by atoms with Crippen molar-refractivity contribution in [3.63, 3.8) is 0 Å². The summed E-state index contributed by atoms with van der Waals surface area (Å²) in [6.45, 7) is 17.1. The average molecular weight is 743 g/mol. The standard InChI is InChI=1S/C54H38N4/c1-33-11-17-37(18-12-33)40-21-25-50-45(29-40)43-27-35(3)15-23-48(43)57(50)53-42(32-55)31-47(56-5)54(52(53)39-9-7-6-8-10-39)58-49-24-16-36(4)28-44(49)46-30-41(22-26-51(46)58)38-19-13-34(2)14-20-38/h6-31H,1-4H3. The molecule has 0 bridgehead atoms. The first-order valence-corrected chi connectivity index (χ1v) is 19.6. The zero-order valence-corrected chi connectivity index (χ0v) is 32.8. The van der Waals surface area contributed by atoms with Gasteiger partial charge in [0.1, 0.15) is 6.07 Å². The molecule has 0 spiro atoms. The summed E-state index contributed by atoms with van der Waals surface area (Å²) in [5.41, 5.74) is 17.4. The van der Waals surface area contributed by atoms with Crippen LogP contribution >= 0.6 is 0 Å². The third kappa shape index (κ3) is 5.50. The van der Waals surface area contributed by atoms with E-state index in [9.17, 15) is 5.26 Å². The molecule has 0 aliphatic rings. The van der Waals surface area contributed by atoms with Crippen molar-refractivity contribution in [1.29, 1.82) is 5.26 Å². The van der Waals surface area contributed by atoms with Crippen molar-refractivity contribution >= 4 is 49.3 Å². The molecule has 0 aliphatic carbocycles. The van der Waals surface area contributed by atoms with Gasteiger partial charge in [-0.25, -0.2) is 4.85 Å². The van der Waals surface area contributed by atoms with Crippen LogP contribution in [-0.2, 0) is 0 Å². The maximum atomic E-state index is 11.1. The van der Waals surface area contributed by atoms with Crippen LogP contribution in [0.5, 0.6) is 0 Å². The molecule has 4 heteroatoms. The Morgan fingerprint density at radius 1 is 0.431 bits per heavy atom. The predicted octanol–water partition coefficient (Wildman–Crippen LogP) is 14.5. The lowest BCUT2D eigenvalue weighted by Gasteiger charge is -2.23. The molecule has 2 heterocycles. The van der Waals surface area contributed by atoms with Crippen LogP contribution in [0.1, 0.15) is 27.8 Å². The molecule has 0 unspecified atom stereocenters. The Balaban J connectivity index is 1.35.